The Morgan fingerprint density at radius 3 is 1.34 bits per heavy atom. The van der Waals surface area contributed by atoms with Gasteiger partial charge in [0, 0.05) is 35.7 Å². The summed E-state index contributed by atoms with van der Waals surface area (Å²) >= 11 is 0. The lowest BCUT2D eigenvalue weighted by atomic mass is 9.96. The Labute approximate surface area is 232 Å². The maximum absolute atomic E-state index is 13.7. The standard InChI is InChI=1S/C33H23F7N/c1-21(22-5-3-2-4-6-22)41-30(24-7-13-27(14-8-24)32(35,36)37)19-26(23-11-17-29(34)18-12-23)20-31(41)25-9-15-28(16-10-25)33(38,39)40/h2-21H,1H3/q+1. The zero-order valence-corrected chi connectivity index (χ0v) is 21.6. The first kappa shape index (κ1) is 28.1. The van der Waals surface area contributed by atoms with Gasteiger partial charge in [-0.3, -0.25) is 0 Å². The average molecular weight is 567 g/mol. The van der Waals surface area contributed by atoms with Crippen LogP contribution in [0.25, 0.3) is 33.6 Å². The molecule has 0 aliphatic heterocycles. The van der Waals surface area contributed by atoms with Gasteiger partial charge in [0.05, 0.1) is 11.1 Å². The molecule has 0 saturated heterocycles. The molecule has 1 atom stereocenters. The zero-order valence-electron chi connectivity index (χ0n) is 21.6. The number of benzene rings is 4. The lowest BCUT2D eigenvalue weighted by Crippen LogP contribution is -2.43. The number of hydrogen-bond acceptors (Lipinski definition) is 0. The molecule has 41 heavy (non-hydrogen) atoms. The molecular formula is C33H23F7N+. The molecule has 0 amide bonds. The van der Waals surface area contributed by atoms with Gasteiger partial charge in [0.25, 0.3) is 0 Å². The highest BCUT2D eigenvalue weighted by Crippen LogP contribution is 2.35. The molecule has 0 spiro atoms. The Bertz CT molecular complexity index is 1560. The Morgan fingerprint density at radius 1 is 0.512 bits per heavy atom. The zero-order chi connectivity index (χ0) is 29.4. The molecule has 0 N–H and O–H groups in total. The Kier molecular flexibility index (Phi) is 7.43. The first-order valence-corrected chi connectivity index (χ1v) is 12.7. The van der Waals surface area contributed by atoms with Crippen LogP contribution in [0.15, 0.2) is 115 Å². The molecule has 5 rings (SSSR count). The summed E-state index contributed by atoms with van der Waals surface area (Å²) in [4.78, 5) is 0. The summed E-state index contributed by atoms with van der Waals surface area (Å²) in [5.41, 5.74) is 2.53. The normalized spacial score (nSPS) is 12.8. The van der Waals surface area contributed by atoms with E-state index < -0.39 is 29.3 Å². The fourth-order valence-corrected chi connectivity index (χ4v) is 4.82. The average Bonchev–Trinajstić information content (AvgIpc) is 2.96. The van der Waals surface area contributed by atoms with Crippen molar-refractivity contribution in [2.75, 3.05) is 0 Å². The molecule has 1 aromatic heterocycles. The van der Waals surface area contributed by atoms with E-state index in [1.165, 1.54) is 36.4 Å². The topological polar surface area (TPSA) is 3.88 Å². The molecule has 0 radical (unpaired) electrons. The lowest BCUT2D eigenvalue weighted by molar-refractivity contribution is -0.689. The maximum atomic E-state index is 13.7. The van der Waals surface area contributed by atoms with Crippen molar-refractivity contribution < 1.29 is 35.3 Å². The summed E-state index contributed by atoms with van der Waals surface area (Å²) in [6, 6.07) is 27.8. The molecule has 0 aliphatic carbocycles. The number of hydrogen-bond donors (Lipinski definition) is 0. The molecule has 1 heterocycles. The van der Waals surface area contributed by atoms with E-state index in [4.69, 9.17) is 0 Å². The summed E-state index contributed by atoms with van der Waals surface area (Å²) in [7, 11) is 0. The lowest BCUT2D eigenvalue weighted by Gasteiger charge is -2.18. The quantitative estimate of drug-likeness (QED) is 0.147. The van der Waals surface area contributed by atoms with Crippen molar-refractivity contribution in [3.05, 3.63) is 138 Å². The number of nitrogens with zero attached hydrogens (tertiary/aromatic N) is 1. The van der Waals surface area contributed by atoms with Gasteiger partial charge in [0.15, 0.2) is 6.04 Å². The number of pyridine rings is 1. The first-order valence-electron chi connectivity index (χ1n) is 12.7. The fraction of sp³-hybridized carbons (Fsp3) is 0.121. The van der Waals surface area contributed by atoms with Crippen LogP contribution in [-0.4, -0.2) is 0 Å². The smallest absolute Gasteiger partial charge is 0.207 e. The van der Waals surface area contributed by atoms with Crippen molar-refractivity contribution in [1.29, 1.82) is 0 Å². The third-order valence-electron chi connectivity index (χ3n) is 6.97. The van der Waals surface area contributed by atoms with Gasteiger partial charge in [-0.05, 0) is 71.8 Å². The van der Waals surface area contributed by atoms with Crippen LogP contribution in [0.4, 0.5) is 30.7 Å². The molecule has 0 saturated carbocycles. The Morgan fingerprint density at radius 2 is 0.927 bits per heavy atom. The minimum absolute atomic E-state index is 0.368. The number of alkyl halides is 6. The highest BCUT2D eigenvalue weighted by atomic mass is 19.4. The van der Waals surface area contributed by atoms with Crippen molar-refractivity contribution in [3.63, 3.8) is 0 Å². The molecule has 0 fully saturated rings. The molecule has 1 nitrogen and oxygen atoms in total. The highest BCUT2D eigenvalue weighted by molar-refractivity contribution is 5.74. The number of aromatic nitrogens is 1. The summed E-state index contributed by atoms with van der Waals surface area (Å²) in [6.45, 7) is 1.91. The van der Waals surface area contributed by atoms with E-state index in [0.717, 1.165) is 29.8 Å². The van der Waals surface area contributed by atoms with Gasteiger partial charge < -0.3 is 0 Å². The molecule has 5 aromatic rings. The predicted octanol–water partition coefficient (Wildman–Crippen LogP) is 9.76. The fourth-order valence-electron chi connectivity index (χ4n) is 4.82. The van der Waals surface area contributed by atoms with E-state index in [2.05, 4.69) is 0 Å². The van der Waals surface area contributed by atoms with E-state index >= 15 is 0 Å². The SMILES string of the molecule is CC(c1ccccc1)[n+]1c(-c2ccc(C(F)(F)F)cc2)cc(-c2ccc(F)cc2)cc1-c1ccc(C(F)(F)F)cc1. The molecule has 1 unspecified atom stereocenters. The van der Waals surface area contributed by atoms with Crippen molar-refractivity contribution in [1.82, 2.24) is 0 Å². The van der Waals surface area contributed by atoms with Crippen LogP contribution in [-0.2, 0) is 12.4 Å². The van der Waals surface area contributed by atoms with Crippen molar-refractivity contribution in [2.24, 2.45) is 0 Å². The van der Waals surface area contributed by atoms with Crippen molar-refractivity contribution >= 4 is 0 Å². The van der Waals surface area contributed by atoms with Crippen LogP contribution >= 0.6 is 0 Å². The second kappa shape index (κ2) is 10.8. The van der Waals surface area contributed by atoms with Crippen LogP contribution in [0, 0.1) is 5.82 Å². The van der Waals surface area contributed by atoms with Crippen molar-refractivity contribution in [2.45, 2.75) is 25.3 Å². The number of halogens is 7. The van der Waals surface area contributed by atoms with Crippen LogP contribution in [0.5, 0.6) is 0 Å². The summed E-state index contributed by atoms with van der Waals surface area (Å²) in [5.74, 6) is -0.441. The van der Waals surface area contributed by atoms with Gasteiger partial charge in [0.2, 0.25) is 11.4 Å². The van der Waals surface area contributed by atoms with Gasteiger partial charge in [0.1, 0.15) is 5.82 Å². The minimum atomic E-state index is -4.52. The van der Waals surface area contributed by atoms with E-state index in [9.17, 15) is 30.7 Å². The van der Waals surface area contributed by atoms with E-state index in [-0.39, 0.29) is 6.04 Å². The summed E-state index contributed by atoms with van der Waals surface area (Å²) in [5, 5.41) is 0. The largest absolute Gasteiger partial charge is 0.416 e. The van der Waals surface area contributed by atoms with Crippen LogP contribution in [0.1, 0.15) is 29.7 Å². The van der Waals surface area contributed by atoms with Crippen LogP contribution in [0.2, 0.25) is 0 Å². The third-order valence-corrected chi connectivity index (χ3v) is 6.97. The van der Waals surface area contributed by atoms with Crippen LogP contribution in [0.3, 0.4) is 0 Å². The molecule has 4 aromatic carbocycles. The van der Waals surface area contributed by atoms with E-state index in [0.29, 0.717) is 33.6 Å². The van der Waals surface area contributed by atoms with E-state index in [1.807, 2.05) is 41.8 Å². The summed E-state index contributed by atoms with van der Waals surface area (Å²) in [6.07, 6.45) is -9.04. The Balaban J connectivity index is 1.81. The minimum Gasteiger partial charge on any atom is -0.207 e. The van der Waals surface area contributed by atoms with Crippen molar-refractivity contribution in [3.8, 4) is 33.6 Å². The summed E-state index contributed by atoms with van der Waals surface area (Å²) < 4.78 is 95.8. The number of rotatable bonds is 5. The maximum Gasteiger partial charge on any atom is 0.416 e. The molecular weight excluding hydrogens is 543 g/mol. The van der Waals surface area contributed by atoms with Gasteiger partial charge in [-0.2, -0.15) is 30.9 Å². The van der Waals surface area contributed by atoms with Gasteiger partial charge in [-0.1, -0.05) is 42.5 Å². The van der Waals surface area contributed by atoms with Gasteiger partial charge >= 0.3 is 12.4 Å². The Hall–Kier alpha value is -4.46. The van der Waals surface area contributed by atoms with Crippen LogP contribution < -0.4 is 4.57 Å². The molecule has 8 heteroatoms. The van der Waals surface area contributed by atoms with E-state index in [1.54, 1.807) is 24.3 Å². The second-order valence-electron chi connectivity index (χ2n) is 9.63. The van der Waals surface area contributed by atoms with Gasteiger partial charge in [-0.15, -0.1) is 0 Å². The predicted molar refractivity (Wildman–Crippen MR) is 143 cm³/mol. The molecule has 208 valence electrons. The monoisotopic (exact) mass is 566 g/mol. The third kappa shape index (κ3) is 6.01. The van der Waals surface area contributed by atoms with Gasteiger partial charge in [-0.25, -0.2) is 4.39 Å². The molecule has 0 aliphatic rings. The highest BCUT2D eigenvalue weighted by Gasteiger charge is 2.33. The first-order chi connectivity index (χ1) is 19.4. The molecule has 0 bridgehead atoms. The second-order valence-corrected chi connectivity index (χ2v) is 9.63.